The van der Waals surface area contributed by atoms with E-state index in [-0.39, 0.29) is 0 Å². The van der Waals surface area contributed by atoms with E-state index in [1.165, 1.54) is 0 Å². The predicted molar refractivity (Wildman–Crippen MR) is 60.2 cm³/mol. The number of hydrogen-bond donors (Lipinski definition) is 1. The molecule has 0 saturated heterocycles. The van der Waals surface area contributed by atoms with E-state index >= 15 is 0 Å². The van der Waals surface area contributed by atoms with Gasteiger partial charge in [0.05, 0.1) is 5.69 Å². The topological polar surface area (TPSA) is 42.7 Å². The van der Waals surface area contributed by atoms with Gasteiger partial charge in [0.25, 0.3) is 0 Å². The van der Waals surface area contributed by atoms with Crippen molar-refractivity contribution in [1.82, 2.24) is 20.3 Å². The minimum Gasteiger partial charge on any atom is -0.315 e. The SMILES string of the molecule is CC(C)NCCCc1c(Br)nnn1C. The van der Waals surface area contributed by atoms with E-state index < -0.39 is 0 Å². The summed E-state index contributed by atoms with van der Waals surface area (Å²) in [6.07, 6.45) is 2.11. The van der Waals surface area contributed by atoms with Crippen LogP contribution in [0.2, 0.25) is 0 Å². The first kappa shape index (κ1) is 11.7. The van der Waals surface area contributed by atoms with Crippen LogP contribution in [0.5, 0.6) is 0 Å². The van der Waals surface area contributed by atoms with Crippen LogP contribution in [-0.2, 0) is 13.5 Å². The number of hydrogen-bond acceptors (Lipinski definition) is 3. The standard InChI is InChI=1S/C9H17BrN4/c1-7(2)11-6-4-5-8-9(10)12-13-14(8)3/h7,11H,4-6H2,1-3H3. The minimum atomic E-state index is 0.558. The van der Waals surface area contributed by atoms with E-state index in [9.17, 15) is 0 Å². The molecule has 14 heavy (non-hydrogen) atoms. The van der Waals surface area contributed by atoms with Gasteiger partial charge < -0.3 is 5.32 Å². The molecule has 0 aliphatic heterocycles. The maximum absolute atomic E-state index is 3.94. The van der Waals surface area contributed by atoms with Crippen molar-refractivity contribution >= 4 is 15.9 Å². The average molecular weight is 261 g/mol. The highest BCUT2D eigenvalue weighted by atomic mass is 79.9. The van der Waals surface area contributed by atoms with Crippen LogP contribution in [0.3, 0.4) is 0 Å². The van der Waals surface area contributed by atoms with Crippen LogP contribution in [0.25, 0.3) is 0 Å². The smallest absolute Gasteiger partial charge is 0.151 e. The fourth-order valence-electron chi connectivity index (χ4n) is 1.26. The van der Waals surface area contributed by atoms with Crippen LogP contribution in [0.15, 0.2) is 4.60 Å². The van der Waals surface area contributed by atoms with Crippen LogP contribution in [0.1, 0.15) is 26.0 Å². The molecule has 1 rings (SSSR count). The lowest BCUT2D eigenvalue weighted by atomic mass is 10.2. The molecule has 0 spiro atoms. The summed E-state index contributed by atoms with van der Waals surface area (Å²) in [6, 6.07) is 0.558. The first-order chi connectivity index (χ1) is 6.61. The second-order valence-corrected chi connectivity index (χ2v) is 4.41. The molecule has 0 saturated carbocycles. The Kier molecular flexibility index (Phi) is 4.54. The molecule has 0 aliphatic rings. The zero-order valence-electron chi connectivity index (χ0n) is 8.92. The molecule has 0 fully saturated rings. The molecule has 1 aromatic rings. The predicted octanol–water partition coefficient (Wildman–Crippen LogP) is 1.51. The molecule has 0 atom stereocenters. The highest BCUT2D eigenvalue weighted by molar-refractivity contribution is 9.10. The van der Waals surface area contributed by atoms with Gasteiger partial charge in [-0.1, -0.05) is 19.1 Å². The number of aryl methyl sites for hydroxylation is 1. The van der Waals surface area contributed by atoms with Gasteiger partial charge in [-0.25, -0.2) is 0 Å². The second-order valence-electron chi connectivity index (χ2n) is 3.66. The van der Waals surface area contributed by atoms with Crippen molar-refractivity contribution in [2.75, 3.05) is 6.54 Å². The van der Waals surface area contributed by atoms with Crippen LogP contribution in [-0.4, -0.2) is 27.6 Å². The summed E-state index contributed by atoms with van der Waals surface area (Å²) in [5.74, 6) is 0. The third-order valence-electron chi connectivity index (χ3n) is 2.04. The third-order valence-corrected chi connectivity index (χ3v) is 2.65. The number of aromatic nitrogens is 3. The second kappa shape index (κ2) is 5.46. The van der Waals surface area contributed by atoms with Gasteiger partial charge in [0.1, 0.15) is 0 Å². The highest BCUT2D eigenvalue weighted by Crippen LogP contribution is 2.13. The van der Waals surface area contributed by atoms with Gasteiger partial charge >= 0.3 is 0 Å². The Morgan fingerprint density at radius 3 is 2.71 bits per heavy atom. The van der Waals surface area contributed by atoms with Crippen LogP contribution < -0.4 is 5.32 Å². The highest BCUT2D eigenvalue weighted by Gasteiger charge is 2.06. The van der Waals surface area contributed by atoms with E-state index in [4.69, 9.17) is 0 Å². The van der Waals surface area contributed by atoms with Crippen molar-refractivity contribution in [2.45, 2.75) is 32.7 Å². The van der Waals surface area contributed by atoms with Gasteiger partial charge in [-0.2, -0.15) is 0 Å². The molecule has 1 heterocycles. The summed E-state index contributed by atoms with van der Waals surface area (Å²) in [5.41, 5.74) is 1.16. The van der Waals surface area contributed by atoms with E-state index in [1.54, 1.807) is 0 Å². The summed E-state index contributed by atoms with van der Waals surface area (Å²) in [6.45, 7) is 5.35. The largest absolute Gasteiger partial charge is 0.315 e. The molecule has 0 unspecified atom stereocenters. The number of nitrogens with zero attached hydrogens (tertiary/aromatic N) is 3. The summed E-state index contributed by atoms with van der Waals surface area (Å²) >= 11 is 3.38. The van der Waals surface area contributed by atoms with Gasteiger partial charge in [-0.05, 0) is 35.3 Å². The van der Waals surface area contributed by atoms with Crippen LogP contribution in [0, 0.1) is 0 Å². The zero-order chi connectivity index (χ0) is 10.6. The Bertz CT molecular complexity index is 263. The van der Waals surface area contributed by atoms with E-state index in [0.717, 1.165) is 29.7 Å². The van der Waals surface area contributed by atoms with Gasteiger partial charge in [-0.3, -0.25) is 4.68 Å². The molecule has 0 amide bonds. The van der Waals surface area contributed by atoms with Gasteiger partial charge in [0.2, 0.25) is 0 Å². The van der Waals surface area contributed by atoms with Crippen LogP contribution >= 0.6 is 15.9 Å². The van der Waals surface area contributed by atoms with Crippen molar-refractivity contribution in [3.63, 3.8) is 0 Å². The third kappa shape index (κ3) is 3.38. The first-order valence-corrected chi connectivity index (χ1v) is 5.68. The Morgan fingerprint density at radius 2 is 2.21 bits per heavy atom. The Labute approximate surface area is 93.2 Å². The molecule has 80 valence electrons. The average Bonchev–Trinajstić information content (AvgIpc) is 2.42. The molecular formula is C9H17BrN4. The quantitative estimate of drug-likeness (QED) is 0.817. The van der Waals surface area contributed by atoms with Gasteiger partial charge in [0.15, 0.2) is 4.60 Å². The Morgan fingerprint density at radius 1 is 1.50 bits per heavy atom. The summed E-state index contributed by atoms with van der Waals surface area (Å²) in [4.78, 5) is 0. The summed E-state index contributed by atoms with van der Waals surface area (Å²) in [5, 5.41) is 11.3. The van der Waals surface area contributed by atoms with Crippen LogP contribution in [0.4, 0.5) is 0 Å². The Balaban J connectivity index is 2.31. The van der Waals surface area contributed by atoms with Gasteiger partial charge in [-0.15, -0.1) is 5.10 Å². The zero-order valence-corrected chi connectivity index (χ0v) is 10.5. The number of nitrogens with one attached hydrogen (secondary N) is 1. The monoisotopic (exact) mass is 260 g/mol. The maximum atomic E-state index is 3.94. The van der Waals surface area contributed by atoms with E-state index in [2.05, 4.69) is 45.4 Å². The lowest BCUT2D eigenvalue weighted by Crippen LogP contribution is -2.24. The summed E-state index contributed by atoms with van der Waals surface area (Å²) in [7, 11) is 1.92. The van der Waals surface area contributed by atoms with E-state index in [0.29, 0.717) is 6.04 Å². The summed E-state index contributed by atoms with van der Waals surface area (Å²) < 4.78 is 2.68. The fourth-order valence-corrected chi connectivity index (χ4v) is 1.79. The first-order valence-electron chi connectivity index (χ1n) is 4.88. The maximum Gasteiger partial charge on any atom is 0.151 e. The molecule has 0 bridgehead atoms. The van der Waals surface area contributed by atoms with Crippen molar-refractivity contribution < 1.29 is 0 Å². The minimum absolute atomic E-state index is 0.558. The molecule has 0 aromatic carbocycles. The lowest BCUT2D eigenvalue weighted by Gasteiger charge is -2.07. The number of rotatable bonds is 5. The fraction of sp³-hybridized carbons (Fsp3) is 0.778. The molecule has 5 heteroatoms. The van der Waals surface area contributed by atoms with Crippen molar-refractivity contribution in [3.05, 3.63) is 10.3 Å². The van der Waals surface area contributed by atoms with Crippen molar-refractivity contribution in [1.29, 1.82) is 0 Å². The van der Waals surface area contributed by atoms with Gasteiger partial charge in [0, 0.05) is 13.1 Å². The normalized spacial score (nSPS) is 11.2. The van der Waals surface area contributed by atoms with Crippen molar-refractivity contribution in [3.8, 4) is 0 Å². The van der Waals surface area contributed by atoms with Crippen molar-refractivity contribution in [2.24, 2.45) is 7.05 Å². The molecule has 1 N–H and O–H groups in total. The van der Waals surface area contributed by atoms with E-state index in [1.807, 2.05) is 11.7 Å². The molecular weight excluding hydrogens is 244 g/mol. The molecule has 1 aromatic heterocycles. The number of halogens is 1. The molecule has 0 aliphatic carbocycles. The Hall–Kier alpha value is -0.420. The molecule has 0 radical (unpaired) electrons. The molecule has 4 nitrogen and oxygen atoms in total. The lowest BCUT2D eigenvalue weighted by molar-refractivity contribution is 0.560.